The molecule has 0 spiro atoms. The van der Waals surface area contributed by atoms with Gasteiger partial charge in [0, 0.05) is 25.8 Å². The average molecular weight is 296 g/mol. The van der Waals surface area contributed by atoms with E-state index in [4.69, 9.17) is 22.7 Å². The molecule has 1 atom stereocenters. The van der Waals surface area contributed by atoms with Gasteiger partial charge >= 0.3 is 0 Å². The fraction of sp³-hybridized carbons (Fsp3) is 0.714. The Balaban J connectivity index is 1.94. The molecule has 1 fully saturated rings. The van der Waals surface area contributed by atoms with Gasteiger partial charge < -0.3 is 10.5 Å². The molecule has 1 aromatic rings. The molecule has 1 aliphatic heterocycles. The lowest BCUT2D eigenvalue weighted by Gasteiger charge is -2.31. The summed E-state index contributed by atoms with van der Waals surface area (Å²) >= 11 is 5.01. The molecule has 5 nitrogen and oxygen atoms in total. The standard InChI is InChI=1S/C14H24N4OS/c1-3-12(4-2)18-6-5-11(16-18)9-17-7-8-19-13(10-17)14(15)20/h5-6,12-13H,3-4,7-10H2,1-2H3,(H2,15,20). The second-order valence-electron chi connectivity index (χ2n) is 5.25. The Morgan fingerprint density at radius 1 is 1.55 bits per heavy atom. The number of rotatable bonds is 6. The van der Waals surface area contributed by atoms with Crippen LogP contribution in [0.15, 0.2) is 12.3 Å². The van der Waals surface area contributed by atoms with E-state index in [1.807, 2.05) is 0 Å². The van der Waals surface area contributed by atoms with Crippen molar-refractivity contribution in [2.24, 2.45) is 5.73 Å². The van der Waals surface area contributed by atoms with Gasteiger partial charge in [0.25, 0.3) is 0 Å². The van der Waals surface area contributed by atoms with Gasteiger partial charge in [-0.25, -0.2) is 0 Å². The number of aromatic nitrogens is 2. The largest absolute Gasteiger partial charge is 0.391 e. The minimum atomic E-state index is -0.125. The molecule has 2 rings (SSSR count). The molecule has 112 valence electrons. The number of nitrogens with two attached hydrogens (primary N) is 1. The lowest BCUT2D eigenvalue weighted by atomic mass is 10.2. The van der Waals surface area contributed by atoms with Crippen LogP contribution < -0.4 is 5.73 Å². The topological polar surface area (TPSA) is 56.3 Å². The highest BCUT2D eigenvalue weighted by Crippen LogP contribution is 2.16. The van der Waals surface area contributed by atoms with E-state index < -0.39 is 0 Å². The fourth-order valence-electron chi connectivity index (χ4n) is 2.58. The summed E-state index contributed by atoms with van der Waals surface area (Å²) in [6.45, 7) is 7.56. The molecule has 1 aliphatic rings. The van der Waals surface area contributed by atoms with E-state index in [0.717, 1.165) is 38.2 Å². The molecule has 0 radical (unpaired) electrons. The highest BCUT2D eigenvalue weighted by atomic mass is 32.1. The van der Waals surface area contributed by atoms with Crippen LogP contribution in [0.1, 0.15) is 38.4 Å². The number of morpholine rings is 1. The van der Waals surface area contributed by atoms with E-state index in [9.17, 15) is 0 Å². The van der Waals surface area contributed by atoms with Gasteiger partial charge in [0.15, 0.2) is 0 Å². The van der Waals surface area contributed by atoms with Crippen molar-refractivity contribution in [2.45, 2.75) is 45.4 Å². The van der Waals surface area contributed by atoms with E-state index in [2.05, 4.69) is 40.8 Å². The van der Waals surface area contributed by atoms with Crippen LogP contribution in [0, 0.1) is 0 Å². The van der Waals surface area contributed by atoms with Crippen LogP contribution in [-0.4, -0.2) is 45.5 Å². The molecule has 20 heavy (non-hydrogen) atoms. The third-order valence-electron chi connectivity index (χ3n) is 3.83. The summed E-state index contributed by atoms with van der Waals surface area (Å²) in [6, 6.07) is 2.60. The van der Waals surface area contributed by atoms with Crippen molar-refractivity contribution in [1.82, 2.24) is 14.7 Å². The molecule has 0 saturated carbocycles. The number of ether oxygens (including phenoxy) is 1. The highest BCUT2D eigenvalue weighted by Gasteiger charge is 2.23. The van der Waals surface area contributed by atoms with E-state index in [1.54, 1.807) is 0 Å². The van der Waals surface area contributed by atoms with Crippen LogP contribution in [0.3, 0.4) is 0 Å². The minimum Gasteiger partial charge on any atom is -0.391 e. The first-order chi connectivity index (χ1) is 9.63. The first-order valence-electron chi connectivity index (χ1n) is 7.31. The molecular weight excluding hydrogens is 272 g/mol. The number of nitrogens with zero attached hydrogens (tertiary/aromatic N) is 3. The Hall–Kier alpha value is -0.980. The van der Waals surface area contributed by atoms with E-state index in [-0.39, 0.29) is 6.10 Å². The molecular formula is C14H24N4OS. The van der Waals surface area contributed by atoms with Gasteiger partial charge in [-0.3, -0.25) is 9.58 Å². The Bertz CT molecular complexity index is 444. The van der Waals surface area contributed by atoms with Crippen molar-refractivity contribution >= 4 is 17.2 Å². The van der Waals surface area contributed by atoms with Gasteiger partial charge in [0.1, 0.15) is 11.1 Å². The van der Waals surface area contributed by atoms with Crippen molar-refractivity contribution in [3.05, 3.63) is 18.0 Å². The molecule has 1 saturated heterocycles. The predicted molar refractivity (Wildman–Crippen MR) is 83.6 cm³/mol. The number of hydrogen-bond donors (Lipinski definition) is 1. The smallest absolute Gasteiger partial charge is 0.120 e. The summed E-state index contributed by atoms with van der Waals surface area (Å²) < 4.78 is 7.64. The molecule has 0 bridgehead atoms. The van der Waals surface area contributed by atoms with Gasteiger partial charge in [-0.1, -0.05) is 26.1 Å². The molecule has 0 aromatic carbocycles. The van der Waals surface area contributed by atoms with Gasteiger partial charge in [0.2, 0.25) is 0 Å². The van der Waals surface area contributed by atoms with Crippen molar-refractivity contribution in [1.29, 1.82) is 0 Å². The SMILES string of the molecule is CCC(CC)n1ccc(CN2CCOC(C(N)=S)C2)n1. The van der Waals surface area contributed by atoms with Crippen LogP contribution in [0.2, 0.25) is 0 Å². The molecule has 2 heterocycles. The van der Waals surface area contributed by atoms with Crippen molar-refractivity contribution in [2.75, 3.05) is 19.7 Å². The van der Waals surface area contributed by atoms with E-state index in [1.165, 1.54) is 0 Å². The second kappa shape index (κ2) is 7.15. The van der Waals surface area contributed by atoms with Crippen LogP contribution in [-0.2, 0) is 11.3 Å². The van der Waals surface area contributed by atoms with Crippen LogP contribution in [0.4, 0.5) is 0 Å². The molecule has 0 amide bonds. The lowest BCUT2D eigenvalue weighted by Crippen LogP contribution is -2.47. The first-order valence-corrected chi connectivity index (χ1v) is 7.72. The first kappa shape index (κ1) is 15.4. The Labute approximate surface area is 126 Å². The average Bonchev–Trinajstić information content (AvgIpc) is 2.89. The number of thiocarbonyl (C=S) groups is 1. The Morgan fingerprint density at radius 2 is 2.30 bits per heavy atom. The molecule has 0 aliphatic carbocycles. The number of hydrogen-bond acceptors (Lipinski definition) is 4. The van der Waals surface area contributed by atoms with Gasteiger partial charge in [-0.05, 0) is 18.9 Å². The Morgan fingerprint density at radius 3 is 2.95 bits per heavy atom. The normalized spacial score (nSPS) is 20.4. The maximum atomic E-state index is 5.66. The van der Waals surface area contributed by atoms with Crippen LogP contribution in [0.25, 0.3) is 0 Å². The van der Waals surface area contributed by atoms with Crippen LogP contribution in [0.5, 0.6) is 0 Å². The summed E-state index contributed by atoms with van der Waals surface area (Å²) in [7, 11) is 0. The Kier molecular flexibility index (Phi) is 5.51. The fourth-order valence-corrected chi connectivity index (χ4v) is 2.72. The van der Waals surface area contributed by atoms with Gasteiger partial charge in [0.05, 0.1) is 18.3 Å². The maximum absolute atomic E-state index is 5.66. The van der Waals surface area contributed by atoms with E-state index in [0.29, 0.717) is 17.6 Å². The zero-order valence-corrected chi connectivity index (χ0v) is 13.1. The summed E-state index contributed by atoms with van der Waals surface area (Å²) in [5.74, 6) is 0. The summed E-state index contributed by atoms with van der Waals surface area (Å²) in [5, 5.41) is 4.69. The molecule has 1 unspecified atom stereocenters. The van der Waals surface area contributed by atoms with Crippen molar-refractivity contribution < 1.29 is 4.74 Å². The third kappa shape index (κ3) is 3.77. The van der Waals surface area contributed by atoms with Crippen LogP contribution >= 0.6 is 12.2 Å². The van der Waals surface area contributed by atoms with Crippen molar-refractivity contribution in [3.8, 4) is 0 Å². The monoisotopic (exact) mass is 296 g/mol. The summed E-state index contributed by atoms with van der Waals surface area (Å²) in [6.07, 6.45) is 4.18. The zero-order valence-electron chi connectivity index (χ0n) is 12.3. The molecule has 1 aromatic heterocycles. The summed E-state index contributed by atoms with van der Waals surface area (Å²) in [5.41, 5.74) is 6.76. The van der Waals surface area contributed by atoms with E-state index >= 15 is 0 Å². The van der Waals surface area contributed by atoms with Gasteiger partial charge in [-0.2, -0.15) is 5.10 Å². The highest BCUT2D eigenvalue weighted by molar-refractivity contribution is 7.80. The lowest BCUT2D eigenvalue weighted by molar-refractivity contribution is 0.00337. The quantitative estimate of drug-likeness (QED) is 0.810. The maximum Gasteiger partial charge on any atom is 0.120 e. The second-order valence-corrected chi connectivity index (χ2v) is 5.73. The van der Waals surface area contributed by atoms with Gasteiger partial charge in [-0.15, -0.1) is 0 Å². The third-order valence-corrected chi connectivity index (χ3v) is 4.10. The summed E-state index contributed by atoms with van der Waals surface area (Å²) in [4.78, 5) is 2.74. The molecule has 2 N–H and O–H groups in total. The molecule has 6 heteroatoms. The zero-order chi connectivity index (χ0) is 14.5. The van der Waals surface area contributed by atoms with Crippen molar-refractivity contribution in [3.63, 3.8) is 0 Å². The predicted octanol–water partition coefficient (Wildman–Crippen LogP) is 1.73. The minimum absolute atomic E-state index is 0.125.